The quantitative estimate of drug-likeness (QED) is 0.514. The Morgan fingerprint density at radius 1 is 1.15 bits per heavy atom. The van der Waals surface area contributed by atoms with Crippen LogP contribution in [0.15, 0.2) is 48.0 Å². The van der Waals surface area contributed by atoms with Crippen LogP contribution in [0.1, 0.15) is 18.5 Å². The Labute approximate surface area is 155 Å². The second-order valence-electron chi connectivity index (χ2n) is 6.69. The zero-order valence-corrected chi connectivity index (χ0v) is 15.6. The monoisotopic (exact) mass is 366 g/mol. The van der Waals surface area contributed by atoms with Gasteiger partial charge in [0, 0.05) is 34.1 Å². The smallest absolute Gasteiger partial charge is 0.128 e. The number of hydrogen-bond acceptors (Lipinski definition) is 4. The lowest BCUT2D eigenvalue weighted by molar-refractivity contribution is 0.313. The van der Waals surface area contributed by atoms with Gasteiger partial charge >= 0.3 is 0 Å². The van der Waals surface area contributed by atoms with Crippen LogP contribution in [0.5, 0.6) is 5.75 Å². The largest absolute Gasteiger partial charge is 0.507 e. The molecule has 0 spiro atoms. The number of phenols is 1. The van der Waals surface area contributed by atoms with Crippen molar-refractivity contribution in [2.24, 2.45) is 0 Å². The molecule has 1 atom stereocenters. The van der Waals surface area contributed by atoms with Gasteiger partial charge in [0.1, 0.15) is 11.6 Å². The molecule has 2 aromatic heterocycles. The van der Waals surface area contributed by atoms with Crippen LogP contribution in [0.25, 0.3) is 32.1 Å². The van der Waals surface area contributed by atoms with Crippen molar-refractivity contribution in [1.29, 1.82) is 0 Å². The first-order valence-corrected chi connectivity index (χ1v) is 9.29. The minimum Gasteiger partial charge on any atom is -0.507 e. The molecule has 1 N–H and O–H groups in total. The molecule has 0 saturated heterocycles. The number of hydrogen-bond donors (Lipinski definition) is 1. The molecule has 5 heteroatoms. The molecule has 1 unspecified atom stereocenters. The van der Waals surface area contributed by atoms with Crippen molar-refractivity contribution in [3.05, 3.63) is 59.4 Å². The Bertz CT molecular complexity index is 1120. The summed E-state index contributed by atoms with van der Waals surface area (Å²) in [7, 11) is 3.85. The maximum Gasteiger partial charge on any atom is 0.128 e. The Morgan fingerprint density at radius 3 is 2.69 bits per heavy atom. The highest BCUT2D eigenvalue weighted by Gasteiger charge is 2.18. The summed E-state index contributed by atoms with van der Waals surface area (Å²) in [5.74, 6) is -0.142. The van der Waals surface area contributed by atoms with E-state index in [1.807, 2.05) is 49.6 Å². The molecule has 3 nitrogen and oxygen atoms in total. The number of halogens is 1. The number of fused-ring (bicyclic) bond motifs is 3. The van der Waals surface area contributed by atoms with Crippen molar-refractivity contribution in [1.82, 2.24) is 9.88 Å². The molecule has 2 heterocycles. The average molecular weight is 366 g/mol. The second kappa shape index (κ2) is 6.34. The standard InChI is InChI=1S/C21H19FN2OS/c1-12(24(2)3)14-5-4-13(10-16(14)22)20-18(25)7-6-17-21(20)15-8-9-26-19(15)11-23-17/h4-12,25H,1-3H3. The molecule has 4 rings (SSSR count). The number of nitrogens with zero attached hydrogens (tertiary/aromatic N) is 2. The predicted molar refractivity (Wildman–Crippen MR) is 106 cm³/mol. The summed E-state index contributed by atoms with van der Waals surface area (Å²) in [5.41, 5.74) is 2.70. The highest BCUT2D eigenvalue weighted by atomic mass is 32.1. The lowest BCUT2D eigenvalue weighted by Gasteiger charge is -2.21. The van der Waals surface area contributed by atoms with Crippen molar-refractivity contribution >= 4 is 32.3 Å². The molecular formula is C21H19FN2OS. The van der Waals surface area contributed by atoms with Crippen LogP contribution in [0.2, 0.25) is 0 Å². The van der Waals surface area contributed by atoms with E-state index in [2.05, 4.69) is 4.98 Å². The normalized spacial score (nSPS) is 13.0. The van der Waals surface area contributed by atoms with Gasteiger partial charge in [-0.1, -0.05) is 12.1 Å². The van der Waals surface area contributed by atoms with Crippen molar-refractivity contribution in [2.45, 2.75) is 13.0 Å². The fraction of sp³-hybridized carbons (Fsp3) is 0.190. The van der Waals surface area contributed by atoms with Crippen LogP contribution >= 0.6 is 11.3 Å². The van der Waals surface area contributed by atoms with Gasteiger partial charge in [0.15, 0.2) is 0 Å². The predicted octanol–water partition coefficient (Wildman–Crippen LogP) is 5.58. The van der Waals surface area contributed by atoms with Gasteiger partial charge in [-0.3, -0.25) is 4.98 Å². The van der Waals surface area contributed by atoms with Crippen molar-refractivity contribution in [3.63, 3.8) is 0 Å². The molecule has 4 aromatic rings. The third-order valence-corrected chi connectivity index (χ3v) is 5.81. The molecule has 0 amide bonds. The first kappa shape index (κ1) is 16.9. The first-order valence-electron chi connectivity index (χ1n) is 8.41. The van der Waals surface area contributed by atoms with Gasteiger partial charge in [-0.2, -0.15) is 0 Å². The summed E-state index contributed by atoms with van der Waals surface area (Å²) in [4.78, 5) is 6.46. The molecular weight excluding hydrogens is 347 g/mol. The van der Waals surface area contributed by atoms with Crippen LogP contribution < -0.4 is 0 Å². The van der Waals surface area contributed by atoms with Gasteiger partial charge < -0.3 is 10.0 Å². The summed E-state index contributed by atoms with van der Waals surface area (Å²) >= 11 is 1.60. The average Bonchev–Trinajstić information content (AvgIpc) is 3.10. The maximum atomic E-state index is 14.8. The number of thiophene rings is 1. The van der Waals surface area contributed by atoms with Gasteiger partial charge in [-0.25, -0.2) is 4.39 Å². The van der Waals surface area contributed by atoms with E-state index in [1.54, 1.807) is 29.5 Å². The van der Waals surface area contributed by atoms with Gasteiger partial charge in [0.05, 0.1) is 10.2 Å². The Kier molecular flexibility index (Phi) is 4.13. The van der Waals surface area contributed by atoms with E-state index in [4.69, 9.17) is 0 Å². The fourth-order valence-electron chi connectivity index (χ4n) is 3.31. The van der Waals surface area contributed by atoms with E-state index in [0.717, 1.165) is 21.0 Å². The van der Waals surface area contributed by atoms with E-state index < -0.39 is 0 Å². The van der Waals surface area contributed by atoms with Crippen molar-refractivity contribution < 1.29 is 9.50 Å². The summed E-state index contributed by atoms with van der Waals surface area (Å²) in [5, 5.41) is 14.4. The summed E-state index contributed by atoms with van der Waals surface area (Å²) < 4.78 is 15.9. The SMILES string of the molecule is CC(c1ccc(-c2c(O)ccc3ncc4sccc4c23)cc1F)N(C)C. The molecule has 132 valence electrons. The molecule has 0 aliphatic carbocycles. The molecule has 2 aromatic carbocycles. The van der Waals surface area contributed by atoms with Crippen LogP contribution in [0.3, 0.4) is 0 Å². The fourth-order valence-corrected chi connectivity index (χ4v) is 4.07. The van der Waals surface area contributed by atoms with E-state index in [-0.39, 0.29) is 17.6 Å². The van der Waals surface area contributed by atoms with Gasteiger partial charge in [-0.15, -0.1) is 11.3 Å². The van der Waals surface area contributed by atoms with E-state index in [0.29, 0.717) is 16.7 Å². The minimum absolute atomic E-state index is 0.0320. The second-order valence-corrected chi connectivity index (χ2v) is 7.63. The number of aromatic nitrogens is 1. The third kappa shape index (κ3) is 2.64. The number of phenolic OH excluding ortho intramolecular Hbond substituents is 1. The van der Waals surface area contributed by atoms with Crippen LogP contribution in [0.4, 0.5) is 4.39 Å². The molecule has 0 fully saturated rings. The maximum absolute atomic E-state index is 14.8. The number of rotatable bonds is 3. The highest BCUT2D eigenvalue weighted by molar-refractivity contribution is 7.17. The van der Waals surface area contributed by atoms with Gasteiger partial charge in [0.25, 0.3) is 0 Å². The zero-order valence-electron chi connectivity index (χ0n) is 14.8. The topological polar surface area (TPSA) is 36.4 Å². The van der Waals surface area contributed by atoms with Crippen molar-refractivity contribution in [3.8, 4) is 16.9 Å². The van der Waals surface area contributed by atoms with Gasteiger partial charge in [0.2, 0.25) is 0 Å². The molecule has 0 aliphatic rings. The molecule has 0 aliphatic heterocycles. The van der Waals surface area contributed by atoms with Crippen LogP contribution in [-0.2, 0) is 0 Å². The molecule has 0 saturated carbocycles. The molecule has 0 radical (unpaired) electrons. The first-order chi connectivity index (χ1) is 12.5. The van der Waals surface area contributed by atoms with Crippen LogP contribution in [0, 0.1) is 5.82 Å². The van der Waals surface area contributed by atoms with E-state index in [1.165, 1.54) is 6.07 Å². The molecule has 26 heavy (non-hydrogen) atoms. The zero-order chi connectivity index (χ0) is 18.4. The number of benzene rings is 2. The number of pyridine rings is 1. The Hall–Kier alpha value is -2.50. The summed E-state index contributed by atoms with van der Waals surface area (Å²) in [6.45, 7) is 1.96. The Balaban J connectivity index is 1.98. The van der Waals surface area contributed by atoms with Crippen LogP contribution in [-0.4, -0.2) is 29.1 Å². The summed E-state index contributed by atoms with van der Waals surface area (Å²) in [6, 6.07) is 10.6. The van der Waals surface area contributed by atoms with E-state index >= 15 is 0 Å². The minimum atomic E-state index is -0.273. The third-order valence-electron chi connectivity index (χ3n) is 4.96. The molecule has 0 bridgehead atoms. The van der Waals surface area contributed by atoms with Crippen molar-refractivity contribution in [2.75, 3.05) is 14.1 Å². The highest BCUT2D eigenvalue weighted by Crippen LogP contribution is 2.41. The lowest BCUT2D eigenvalue weighted by atomic mass is 9.95. The van der Waals surface area contributed by atoms with Gasteiger partial charge in [-0.05, 0) is 56.2 Å². The van der Waals surface area contributed by atoms with E-state index in [9.17, 15) is 9.50 Å². The lowest BCUT2D eigenvalue weighted by Crippen LogP contribution is -2.17. The Morgan fingerprint density at radius 2 is 1.96 bits per heavy atom. The number of aromatic hydroxyl groups is 1. The summed E-state index contributed by atoms with van der Waals surface area (Å²) in [6.07, 6.45) is 1.84.